The molecule has 1 aliphatic carbocycles. The Hall–Kier alpha value is -4.69. The first kappa shape index (κ1) is 27.2. The van der Waals surface area contributed by atoms with E-state index >= 15 is 0 Å². The Balaban J connectivity index is 1.37. The minimum Gasteiger partial charge on any atom is -0.369 e. The standard InChI is InChI=1S/C35H37N7O/c1-5-31(43)38-30-18-25(7-6-22(30)2)33-32-23(3)29(26-19-37-42(21-26)28-12-13-28)20-36-35(32)39-34(33)24-8-10-27(11-9-24)41-16-14-40(4)15-17-41/h5-11,18-21,28H,1,12-17H2,2-4H3,(H,36,39)(H,38,43). The molecular weight excluding hydrogens is 534 g/mol. The molecule has 43 heavy (non-hydrogen) atoms. The summed E-state index contributed by atoms with van der Waals surface area (Å²) in [5.74, 6) is -0.230. The molecule has 218 valence electrons. The van der Waals surface area contributed by atoms with Gasteiger partial charge in [-0.05, 0) is 80.3 Å². The Morgan fingerprint density at radius 2 is 1.74 bits per heavy atom. The second-order valence-electron chi connectivity index (χ2n) is 11.9. The fraction of sp³-hybridized carbons (Fsp3) is 0.286. The van der Waals surface area contributed by atoms with E-state index in [0.717, 1.165) is 87.5 Å². The van der Waals surface area contributed by atoms with Gasteiger partial charge in [0.2, 0.25) is 5.91 Å². The van der Waals surface area contributed by atoms with Crippen LogP contribution in [0.15, 0.2) is 73.7 Å². The van der Waals surface area contributed by atoms with Crippen LogP contribution in [0.2, 0.25) is 0 Å². The van der Waals surface area contributed by atoms with E-state index in [1.165, 1.54) is 24.6 Å². The van der Waals surface area contributed by atoms with Crippen LogP contribution in [0.5, 0.6) is 0 Å². The van der Waals surface area contributed by atoms with Crippen molar-refractivity contribution in [3.8, 4) is 33.5 Å². The number of rotatable bonds is 7. The van der Waals surface area contributed by atoms with Crippen LogP contribution in [-0.4, -0.2) is 63.8 Å². The van der Waals surface area contributed by atoms with Gasteiger partial charge in [-0.1, -0.05) is 30.8 Å². The van der Waals surface area contributed by atoms with Gasteiger partial charge in [0.1, 0.15) is 5.65 Å². The molecule has 4 heterocycles. The van der Waals surface area contributed by atoms with Gasteiger partial charge < -0.3 is 20.1 Å². The maximum Gasteiger partial charge on any atom is 0.247 e. The third-order valence-electron chi connectivity index (χ3n) is 8.91. The predicted molar refractivity (Wildman–Crippen MR) is 174 cm³/mol. The van der Waals surface area contributed by atoms with E-state index in [9.17, 15) is 4.79 Å². The number of hydrogen-bond acceptors (Lipinski definition) is 5. The van der Waals surface area contributed by atoms with E-state index in [-0.39, 0.29) is 5.91 Å². The number of pyridine rings is 1. The van der Waals surface area contributed by atoms with Crippen LogP contribution in [0.3, 0.4) is 0 Å². The van der Waals surface area contributed by atoms with Crippen LogP contribution in [0, 0.1) is 13.8 Å². The topological polar surface area (TPSA) is 82.1 Å². The SMILES string of the molecule is C=CC(=O)Nc1cc(-c2c(-c3ccc(N4CCN(C)CC4)cc3)[nH]c3ncc(-c4cnn(C5CC5)c4)c(C)c23)ccc1C. The Kier molecular flexibility index (Phi) is 6.86. The van der Waals surface area contributed by atoms with Gasteiger partial charge in [-0.15, -0.1) is 0 Å². The number of fused-ring (bicyclic) bond motifs is 1. The molecule has 2 fully saturated rings. The number of benzene rings is 2. The van der Waals surface area contributed by atoms with Gasteiger partial charge in [-0.3, -0.25) is 9.48 Å². The first-order chi connectivity index (χ1) is 20.9. The second kappa shape index (κ2) is 10.9. The number of aromatic nitrogens is 4. The van der Waals surface area contributed by atoms with Gasteiger partial charge in [-0.25, -0.2) is 4.98 Å². The summed E-state index contributed by atoms with van der Waals surface area (Å²) in [6.07, 6.45) is 9.73. The normalized spacial score (nSPS) is 15.7. The zero-order valence-electron chi connectivity index (χ0n) is 25.0. The lowest BCUT2D eigenvalue weighted by Crippen LogP contribution is -2.44. The Morgan fingerprint density at radius 3 is 2.47 bits per heavy atom. The molecule has 1 aliphatic heterocycles. The van der Waals surface area contributed by atoms with Crippen LogP contribution < -0.4 is 10.2 Å². The molecular formula is C35H37N7O. The summed E-state index contributed by atoms with van der Waals surface area (Å²) in [6.45, 7) is 12.0. The fourth-order valence-corrected chi connectivity index (χ4v) is 6.12. The van der Waals surface area contributed by atoms with E-state index in [0.29, 0.717) is 6.04 Å². The average Bonchev–Trinajstić information content (AvgIpc) is 3.62. The number of amides is 1. The molecule has 1 saturated heterocycles. The van der Waals surface area contributed by atoms with Crippen molar-refractivity contribution in [2.24, 2.45) is 0 Å². The number of anilines is 2. The molecule has 2 aromatic carbocycles. The molecule has 0 radical (unpaired) electrons. The van der Waals surface area contributed by atoms with Gasteiger partial charge in [-0.2, -0.15) is 5.10 Å². The maximum absolute atomic E-state index is 12.3. The number of nitrogens with one attached hydrogen (secondary N) is 2. The molecule has 3 aromatic heterocycles. The van der Waals surface area contributed by atoms with Crippen LogP contribution in [0.25, 0.3) is 44.5 Å². The number of H-pyrrole nitrogens is 1. The van der Waals surface area contributed by atoms with Gasteiger partial charge in [0.25, 0.3) is 0 Å². The number of carbonyl (C=O) groups excluding carboxylic acids is 1. The highest BCUT2D eigenvalue weighted by atomic mass is 16.1. The number of aryl methyl sites for hydroxylation is 2. The van der Waals surface area contributed by atoms with E-state index in [4.69, 9.17) is 4.98 Å². The Bertz CT molecular complexity index is 1840. The van der Waals surface area contributed by atoms with Crippen molar-refractivity contribution in [2.45, 2.75) is 32.7 Å². The maximum atomic E-state index is 12.3. The molecule has 5 aromatic rings. The van der Waals surface area contributed by atoms with Crippen molar-refractivity contribution in [2.75, 3.05) is 43.4 Å². The lowest BCUT2D eigenvalue weighted by atomic mass is 9.93. The number of nitrogens with zero attached hydrogens (tertiary/aromatic N) is 5. The smallest absolute Gasteiger partial charge is 0.247 e. The van der Waals surface area contributed by atoms with Crippen LogP contribution in [-0.2, 0) is 4.79 Å². The summed E-state index contributed by atoms with van der Waals surface area (Å²) in [5.41, 5.74) is 11.3. The third-order valence-corrected chi connectivity index (χ3v) is 8.91. The van der Waals surface area contributed by atoms with Crippen LogP contribution in [0.4, 0.5) is 11.4 Å². The Morgan fingerprint density at radius 1 is 1.00 bits per heavy atom. The van der Waals surface area contributed by atoms with E-state index in [1.807, 2.05) is 19.3 Å². The second-order valence-corrected chi connectivity index (χ2v) is 11.9. The molecule has 2 aliphatic rings. The fourth-order valence-electron chi connectivity index (χ4n) is 6.12. The first-order valence-electron chi connectivity index (χ1n) is 15.0. The number of hydrogen-bond donors (Lipinski definition) is 2. The van der Waals surface area contributed by atoms with Gasteiger partial charge in [0, 0.05) is 72.0 Å². The minimum absolute atomic E-state index is 0.230. The summed E-state index contributed by atoms with van der Waals surface area (Å²) in [5, 5.41) is 8.70. The van der Waals surface area contributed by atoms with Crippen molar-refractivity contribution >= 4 is 28.3 Å². The minimum atomic E-state index is -0.230. The van der Waals surface area contributed by atoms with Gasteiger partial charge >= 0.3 is 0 Å². The summed E-state index contributed by atoms with van der Waals surface area (Å²) in [7, 11) is 2.18. The number of likely N-dealkylation sites (N-methyl/N-ethyl adjacent to an activating group) is 1. The zero-order chi connectivity index (χ0) is 29.7. The largest absolute Gasteiger partial charge is 0.369 e. The molecule has 0 bridgehead atoms. The van der Waals surface area contributed by atoms with Crippen molar-refractivity contribution in [1.29, 1.82) is 0 Å². The van der Waals surface area contributed by atoms with Crippen molar-refractivity contribution < 1.29 is 4.79 Å². The third kappa shape index (κ3) is 5.12. The number of aromatic amines is 1. The molecule has 0 unspecified atom stereocenters. The average molecular weight is 572 g/mol. The molecule has 1 amide bonds. The molecule has 0 atom stereocenters. The predicted octanol–water partition coefficient (Wildman–Crippen LogP) is 6.59. The highest BCUT2D eigenvalue weighted by Crippen LogP contribution is 2.43. The highest BCUT2D eigenvalue weighted by molar-refractivity contribution is 6.07. The Labute approximate surface area is 252 Å². The molecule has 8 heteroatoms. The van der Waals surface area contributed by atoms with Crippen molar-refractivity contribution in [3.05, 3.63) is 84.8 Å². The molecule has 2 N–H and O–H groups in total. The van der Waals surface area contributed by atoms with Crippen molar-refractivity contribution in [3.63, 3.8) is 0 Å². The van der Waals surface area contributed by atoms with Gasteiger partial charge in [0.15, 0.2) is 0 Å². The highest BCUT2D eigenvalue weighted by Gasteiger charge is 2.26. The van der Waals surface area contributed by atoms with E-state index < -0.39 is 0 Å². The number of piperazine rings is 1. The summed E-state index contributed by atoms with van der Waals surface area (Å²) in [4.78, 5) is 25.7. The summed E-state index contributed by atoms with van der Waals surface area (Å²) in [6, 6.07) is 15.6. The summed E-state index contributed by atoms with van der Waals surface area (Å²) >= 11 is 0. The first-order valence-corrected chi connectivity index (χ1v) is 15.0. The summed E-state index contributed by atoms with van der Waals surface area (Å²) < 4.78 is 2.08. The molecule has 0 spiro atoms. The van der Waals surface area contributed by atoms with Gasteiger partial charge in [0.05, 0.1) is 17.9 Å². The van der Waals surface area contributed by atoms with Crippen LogP contribution in [0.1, 0.15) is 30.0 Å². The lowest BCUT2D eigenvalue weighted by Gasteiger charge is -2.34. The quantitative estimate of drug-likeness (QED) is 0.216. The van der Waals surface area contributed by atoms with E-state index in [2.05, 4.69) is 99.1 Å². The zero-order valence-corrected chi connectivity index (χ0v) is 25.0. The van der Waals surface area contributed by atoms with Crippen LogP contribution >= 0.6 is 0 Å². The molecule has 8 nitrogen and oxygen atoms in total. The monoisotopic (exact) mass is 571 g/mol. The number of carbonyl (C=O) groups is 1. The van der Waals surface area contributed by atoms with E-state index in [1.54, 1.807) is 0 Å². The molecule has 1 saturated carbocycles. The molecule has 7 rings (SSSR count). The van der Waals surface area contributed by atoms with Crippen molar-refractivity contribution in [1.82, 2.24) is 24.6 Å². The lowest BCUT2D eigenvalue weighted by molar-refractivity contribution is -0.111.